The highest BCUT2D eigenvalue weighted by Crippen LogP contribution is 2.34. The summed E-state index contributed by atoms with van der Waals surface area (Å²) in [5, 5.41) is 3.16. The van der Waals surface area contributed by atoms with Gasteiger partial charge in [-0.05, 0) is 43.7 Å². The van der Waals surface area contributed by atoms with Crippen LogP contribution in [0.3, 0.4) is 0 Å². The van der Waals surface area contributed by atoms with Crippen molar-refractivity contribution in [3.05, 3.63) is 29.8 Å². The van der Waals surface area contributed by atoms with Gasteiger partial charge in [-0.3, -0.25) is 4.90 Å². The number of anilines is 1. The fourth-order valence-corrected chi connectivity index (χ4v) is 3.08. The van der Waals surface area contributed by atoms with Gasteiger partial charge < -0.3 is 10.1 Å². The molecule has 3 rings (SSSR count). The van der Waals surface area contributed by atoms with E-state index in [2.05, 4.69) is 18.3 Å². The van der Waals surface area contributed by atoms with Gasteiger partial charge in [0, 0.05) is 18.8 Å². The number of amides is 2. The lowest BCUT2D eigenvalue weighted by Gasteiger charge is -2.26. The van der Waals surface area contributed by atoms with Gasteiger partial charge in [0.25, 0.3) is 0 Å². The molecule has 2 amide bonds. The van der Waals surface area contributed by atoms with Gasteiger partial charge in [0.2, 0.25) is 0 Å². The molecule has 4 nitrogen and oxygen atoms in total. The van der Waals surface area contributed by atoms with E-state index in [1.807, 2.05) is 23.1 Å². The van der Waals surface area contributed by atoms with E-state index < -0.39 is 0 Å². The number of para-hydroxylation sites is 1. The molecule has 2 aliphatic rings. The lowest BCUT2D eigenvalue weighted by atomic mass is 10.1. The quantitative estimate of drug-likeness (QED) is 0.917. The Kier molecular flexibility index (Phi) is 3.66. The Hall–Kier alpha value is -1.55. The SMILES string of the molecule is COC[C@H](NC(=O)N1c2ccccc2C[C@@H]1C)C1CC1. The predicted octanol–water partition coefficient (Wildman–Crippen LogP) is 2.57. The average molecular weight is 274 g/mol. The fourth-order valence-electron chi connectivity index (χ4n) is 3.08. The van der Waals surface area contributed by atoms with Crippen LogP contribution in [0.25, 0.3) is 0 Å². The van der Waals surface area contributed by atoms with E-state index >= 15 is 0 Å². The molecule has 1 fully saturated rings. The molecule has 2 atom stereocenters. The van der Waals surface area contributed by atoms with Crippen LogP contribution in [0.5, 0.6) is 0 Å². The first-order chi connectivity index (χ1) is 9.70. The van der Waals surface area contributed by atoms with Crippen molar-refractivity contribution in [2.24, 2.45) is 5.92 Å². The summed E-state index contributed by atoms with van der Waals surface area (Å²) >= 11 is 0. The van der Waals surface area contributed by atoms with Crippen molar-refractivity contribution >= 4 is 11.7 Å². The molecule has 0 radical (unpaired) electrons. The van der Waals surface area contributed by atoms with E-state index in [1.54, 1.807) is 7.11 Å². The largest absolute Gasteiger partial charge is 0.383 e. The molecule has 1 N–H and O–H groups in total. The van der Waals surface area contributed by atoms with Gasteiger partial charge >= 0.3 is 6.03 Å². The van der Waals surface area contributed by atoms with E-state index in [0.717, 1.165) is 12.1 Å². The minimum absolute atomic E-state index is 0.0106. The zero-order valence-electron chi connectivity index (χ0n) is 12.1. The standard InChI is InChI=1S/C16H22N2O2/c1-11-9-13-5-3-4-6-15(13)18(11)16(19)17-14(10-20-2)12-7-8-12/h3-6,11-12,14H,7-10H2,1-2H3,(H,17,19)/t11-,14-/m0/s1. The number of urea groups is 1. The number of fused-ring (bicyclic) bond motifs is 1. The van der Waals surface area contributed by atoms with Gasteiger partial charge in [-0.1, -0.05) is 18.2 Å². The molecule has 0 aromatic heterocycles. The summed E-state index contributed by atoms with van der Waals surface area (Å²) in [7, 11) is 1.69. The van der Waals surface area contributed by atoms with Crippen LogP contribution in [0.2, 0.25) is 0 Å². The molecule has 1 saturated carbocycles. The summed E-state index contributed by atoms with van der Waals surface area (Å²) in [6, 6.07) is 8.53. The van der Waals surface area contributed by atoms with Crippen molar-refractivity contribution in [3.63, 3.8) is 0 Å². The highest BCUT2D eigenvalue weighted by molar-refractivity contribution is 5.95. The normalized spacial score (nSPS) is 22.5. The topological polar surface area (TPSA) is 41.6 Å². The number of nitrogens with zero attached hydrogens (tertiary/aromatic N) is 1. The van der Waals surface area contributed by atoms with Crippen molar-refractivity contribution < 1.29 is 9.53 Å². The van der Waals surface area contributed by atoms with Crippen molar-refractivity contribution in [2.75, 3.05) is 18.6 Å². The molecule has 108 valence electrons. The highest BCUT2D eigenvalue weighted by atomic mass is 16.5. The van der Waals surface area contributed by atoms with E-state index in [1.165, 1.54) is 18.4 Å². The van der Waals surface area contributed by atoms with Crippen molar-refractivity contribution in [2.45, 2.75) is 38.3 Å². The summed E-state index contributed by atoms with van der Waals surface area (Å²) in [4.78, 5) is 14.5. The lowest BCUT2D eigenvalue weighted by molar-refractivity contribution is 0.158. The monoisotopic (exact) mass is 274 g/mol. The second-order valence-corrected chi connectivity index (χ2v) is 5.90. The van der Waals surface area contributed by atoms with Gasteiger partial charge in [0.15, 0.2) is 0 Å². The first kappa shape index (κ1) is 13.4. The smallest absolute Gasteiger partial charge is 0.322 e. The van der Waals surface area contributed by atoms with Gasteiger partial charge in [-0.15, -0.1) is 0 Å². The van der Waals surface area contributed by atoms with E-state index in [4.69, 9.17) is 4.74 Å². The first-order valence-corrected chi connectivity index (χ1v) is 7.37. The Morgan fingerprint density at radius 2 is 2.20 bits per heavy atom. The van der Waals surface area contributed by atoms with E-state index in [9.17, 15) is 4.79 Å². The predicted molar refractivity (Wildman–Crippen MR) is 79.0 cm³/mol. The maximum absolute atomic E-state index is 12.6. The minimum Gasteiger partial charge on any atom is -0.383 e. The Bertz CT molecular complexity index is 499. The Balaban J connectivity index is 1.73. The number of rotatable bonds is 4. The molecule has 1 heterocycles. The molecule has 20 heavy (non-hydrogen) atoms. The third-order valence-corrected chi connectivity index (χ3v) is 4.27. The van der Waals surface area contributed by atoms with E-state index in [-0.39, 0.29) is 18.1 Å². The lowest BCUT2D eigenvalue weighted by Crippen LogP contribution is -2.49. The third-order valence-electron chi connectivity index (χ3n) is 4.27. The van der Waals surface area contributed by atoms with Gasteiger partial charge in [-0.25, -0.2) is 4.79 Å². The van der Waals surface area contributed by atoms with E-state index in [0.29, 0.717) is 12.5 Å². The van der Waals surface area contributed by atoms with Crippen LogP contribution >= 0.6 is 0 Å². The molecule has 0 unspecified atom stereocenters. The molecule has 1 aliphatic carbocycles. The van der Waals surface area contributed by atoms with Gasteiger partial charge in [0.1, 0.15) is 0 Å². The molecule has 1 aromatic carbocycles. The molecule has 0 saturated heterocycles. The third kappa shape index (κ3) is 2.52. The average Bonchev–Trinajstić information content (AvgIpc) is 3.20. The zero-order chi connectivity index (χ0) is 14.1. The summed E-state index contributed by atoms with van der Waals surface area (Å²) in [5.74, 6) is 0.590. The second-order valence-electron chi connectivity index (χ2n) is 5.90. The number of hydrogen-bond acceptors (Lipinski definition) is 2. The number of nitrogens with one attached hydrogen (secondary N) is 1. The second kappa shape index (κ2) is 5.44. The zero-order valence-corrected chi connectivity index (χ0v) is 12.1. The van der Waals surface area contributed by atoms with Crippen LogP contribution in [-0.2, 0) is 11.2 Å². The number of methoxy groups -OCH3 is 1. The maximum Gasteiger partial charge on any atom is 0.322 e. The summed E-state index contributed by atoms with van der Waals surface area (Å²) in [6.07, 6.45) is 3.32. The Labute approximate surface area is 120 Å². The minimum atomic E-state index is 0.0106. The van der Waals surface area contributed by atoms with Crippen molar-refractivity contribution in [1.29, 1.82) is 0 Å². The van der Waals surface area contributed by atoms with Crippen LogP contribution in [0, 0.1) is 5.92 Å². The summed E-state index contributed by atoms with van der Waals surface area (Å²) < 4.78 is 5.23. The van der Waals surface area contributed by atoms with Crippen LogP contribution < -0.4 is 10.2 Å². The van der Waals surface area contributed by atoms with Gasteiger partial charge in [0.05, 0.1) is 12.6 Å². The Morgan fingerprint density at radius 1 is 1.45 bits per heavy atom. The van der Waals surface area contributed by atoms with Crippen LogP contribution in [-0.4, -0.2) is 31.8 Å². The Morgan fingerprint density at radius 3 is 2.90 bits per heavy atom. The number of ether oxygens (including phenoxy) is 1. The fraction of sp³-hybridized carbons (Fsp3) is 0.562. The molecule has 0 bridgehead atoms. The van der Waals surface area contributed by atoms with Crippen LogP contribution in [0.4, 0.5) is 10.5 Å². The molecule has 4 heteroatoms. The van der Waals surface area contributed by atoms with Crippen LogP contribution in [0.15, 0.2) is 24.3 Å². The number of benzene rings is 1. The summed E-state index contributed by atoms with van der Waals surface area (Å²) in [6.45, 7) is 2.70. The number of hydrogen-bond donors (Lipinski definition) is 1. The number of carbonyl (C=O) groups excluding carboxylic acids is 1. The highest BCUT2D eigenvalue weighted by Gasteiger charge is 2.36. The molecule has 1 aromatic rings. The number of carbonyl (C=O) groups is 1. The molecule has 0 spiro atoms. The first-order valence-electron chi connectivity index (χ1n) is 7.37. The van der Waals surface area contributed by atoms with Crippen LogP contribution in [0.1, 0.15) is 25.3 Å². The maximum atomic E-state index is 12.6. The van der Waals surface area contributed by atoms with Gasteiger partial charge in [-0.2, -0.15) is 0 Å². The van der Waals surface area contributed by atoms with Crippen molar-refractivity contribution in [1.82, 2.24) is 5.32 Å². The molecular weight excluding hydrogens is 252 g/mol. The molecular formula is C16H22N2O2. The van der Waals surface area contributed by atoms with Crippen molar-refractivity contribution in [3.8, 4) is 0 Å². The molecule has 1 aliphatic heterocycles. The summed E-state index contributed by atoms with van der Waals surface area (Å²) in [5.41, 5.74) is 2.30.